The molecule has 0 saturated carbocycles. The maximum Gasteiger partial charge on any atom is 0.496 e. The fourth-order valence-electron chi connectivity index (χ4n) is 3.24. The van der Waals surface area contributed by atoms with Crippen molar-refractivity contribution in [3.63, 3.8) is 0 Å². The molecule has 2 amide bonds. The lowest BCUT2D eigenvalue weighted by Crippen LogP contribution is -2.41. The Morgan fingerprint density at radius 3 is 2.29 bits per heavy atom. The third-order valence-corrected chi connectivity index (χ3v) is 5.69. The van der Waals surface area contributed by atoms with E-state index in [4.69, 9.17) is 19.2 Å². The average molecular weight is 390 g/mol. The summed E-state index contributed by atoms with van der Waals surface area (Å²) in [4.78, 5) is 24.7. The number of nitrogens with zero attached hydrogens (tertiary/aromatic N) is 1. The molecule has 9 heteroatoms. The van der Waals surface area contributed by atoms with Crippen molar-refractivity contribution in [1.29, 1.82) is 0 Å². The molecule has 2 heterocycles. The predicted molar refractivity (Wildman–Crippen MR) is 105 cm³/mol. The Balaban J connectivity index is 1.63. The van der Waals surface area contributed by atoms with Gasteiger partial charge in [-0.15, -0.1) is 0 Å². The summed E-state index contributed by atoms with van der Waals surface area (Å²) in [5, 5.41) is 11.8. The first-order valence-corrected chi connectivity index (χ1v) is 9.49. The zero-order chi connectivity index (χ0) is 20.5. The van der Waals surface area contributed by atoms with E-state index in [9.17, 15) is 9.59 Å². The first-order chi connectivity index (χ1) is 13.1. The van der Waals surface area contributed by atoms with E-state index in [1.54, 1.807) is 6.07 Å². The number of hydrogen-bond acceptors (Lipinski definition) is 5. The highest BCUT2D eigenvalue weighted by Gasteiger charge is 2.52. The highest BCUT2D eigenvalue weighted by Crippen LogP contribution is 2.37. The van der Waals surface area contributed by atoms with E-state index in [-0.39, 0.29) is 6.10 Å². The molecule has 0 atom stereocenters. The minimum atomic E-state index is -0.945. The largest absolute Gasteiger partial charge is 0.496 e. The third kappa shape index (κ3) is 4.25. The third-order valence-electron chi connectivity index (χ3n) is 5.69. The van der Waals surface area contributed by atoms with E-state index in [1.807, 2.05) is 45.9 Å². The highest BCUT2D eigenvalue weighted by molar-refractivity contribution is 6.64. The van der Waals surface area contributed by atoms with Crippen LogP contribution in [0.15, 0.2) is 24.3 Å². The van der Waals surface area contributed by atoms with Crippen molar-refractivity contribution in [3.8, 4) is 0 Å². The molecule has 3 rings (SSSR count). The van der Waals surface area contributed by atoms with Crippen LogP contribution in [-0.4, -0.2) is 59.7 Å². The van der Waals surface area contributed by atoms with Crippen LogP contribution in [0, 0.1) is 0 Å². The lowest BCUT2D eigenvalue weighted by molar-refractivity contribution is 0.00578. The number of rotatable bonds is 3. The molecule has 0 bridgehead atoms. The predicted octanol–water partition coefficient (Wildman–Crippen LogP) is 2.68. The maximum absolute atomic E-state index is 12.4. The second-order valence-electron chi connectivity index (χ2n) is 8.17. The molecule has 0 aromatic heterocycles. The topological polar surface area (TPSA) is 97.3 Å². The number of likely N-dealkylation sites (tertiary alicyclic amines) is 1. The van der Waals surface area contributed by atoms with Gasteiger partial charge in [-0.25, -0.2) is 9.59 Å². The summed E-state index contributed by atoms with van der Waals surface area (Å²) < 4.78 is 17.6. The maximum atomic E-state index is 12.4. The summed E-state index contributed by atoms with van der Waals surface area (Å²) in [5.41, 5.74) is 0.319. The van der Waals surface area contributed by atoms with Crippen LogP contribution in [0.3, 0.4) is 0 Å². The number of piperidine rings is 1. The summed E-state index contributed by atoms with van der Waals surface area (Å²) in [7, 11) is -0.597. The minimum Gasteiger partial charge on any atom is -0.465 e. The number of carbonyl (C=O) groups excluding carboxylic acids is 1. The Morgan fingerprint density at radius 2 is 1.71 bits per heavy atom. The molecule has 0 aliphatic carbocycles. The SMILES string of the molecule is CC1(C)OB(c2ccccc2NC(=O)OC2CCN(C(=O)O)CC2)OC1(C)C. The number of benzene rings is 1. The molecule has 28 heavy (non-hydrogen) atoms. The molecule has 2 fully saturated rings. The van der Waals surface area contributed by atoms with Gasteiger partial charge >= 0.3 is 19.3 Å². The molecule has 2 aliphatic heterocycles. The van der Waals surface area contributed by atoms with Crippen LogP contribution in [0.5, 0.6) is 0 Å². The van der Waals surface area contributed by atoms with E-state index in [2.05, 4.69) is 5.32 Å². The number of nitrogens with one attached hydrogen (secondary N) is 1. The molecule has 152 valence electrons. The smallest absolute Gasteiger partial charge is 0.465 e. The lowest BCUT2D eigenvalue weighted by Gasteiger charge is -2.32. The van der Waals surface area contributed by atoms with Gasteiger partial charge in [-0.2, -0.15) is 0 Å². The molecular weight excluding hydrogens is 363 g/mol. The summed E-state index contributed by atoms with van der Waals surface area (Å²) >= 11 is 0. The molecule has 2 saturated heterocycles. The zero-order valence-corrected chi connectivity index (χ0v) is 16.7. The second-order valence-corrected chi connectivity index (χ2v) is 8.17. The molecule has 1 aromatic rings. The van der Waals surface area contributed by atoms with Crippen molar-refractivity contribution < 1.29 is 28.7 Å². The van der Waals surface area contributed by atoms with Crippen LogP contribution in [0.2, 0.25) is 0 Å². The van der Waals surface area contributed by atoms with Crippen LogP contribution in [-0.2, 0) is 14.0 Å². The Bertz CT molecular complexity index is 730. The summed E-state index contributed by atoms with van der Waals surface area (Å²) in [5.74, 6) is 0. The number of hydrogen-bond donors (Lipinski definition) is 2. The fraction of sp³-hybridized carbons (Fsp3) is 0.579. The van der Waals surface area contributed by atoms with Crippen molar-refractivity contribution in [2.75, 3.05) is 18.4 Å². The van der Waals surface area contributed by atoms with E-state index < -0.39 is 30.5 Å². The Labute approximate surface area is 165 Å². The first kappa shape index (κ1) is 20.5. The van der Waals surface area contributed by atoms with Gasteiger partial charge in [0.15, 0.2) is 0 Å². The number of carboxylic acid groups (broad SMARTS) is 1. The number of carbonyl (C=O) groups is 2. The number of amides is 2. The lowest BCUT2D eigenvalue weighted by atomic mass is 9.78. The van der Waals surface area contributed by atoms with Gasteiger partial charge in [0.05, 0.1) is 11.2 Å². The van der Waals surface area contributed by atoms with E-state index in [0.717, 1.165) is 5.46 Å². The number of anilines is 1. The molecule has 2 aliphatic rings. The van der Waals surface area contributed by atoms with E-state index in [0.29, 0.717) is 31.6 Å². The molecule has 0 radical (unpaired) electrons. The van der Waals surface area contributed by atoms with Crippen LogP contribution < -0.4 is 10.8 Å². The van der Waals surface area contributed by atoms with Gasteiger partial charge < -0.3 is 24.1 Å². The molecule has 0 unspecified atom stereocenters. The van der Waals surface area contributed by atoms with E-state index in [1.165, 1.54) is 4.90 Å². The van der Waals surface area contributed by atoms with Crippen molar-refractivity contribution in [2.24, 2.45) is 0 Å². The summed E-state index contributed by atoms with van der Waals surface area (Å²) in [6, 6.07) is 7.30. The highest BCUT2D eigenvalue weighted by atomic mass is 16.7. The quantitative estimate of drug-likeness (QED) is 0.771. The van der Waals surface area contributed by atoms with Gasteiger partial charge in [-0.1, -0.05) is 18.2 Å². The Morgan fingerprint density at radius 1 is 1.14 bits per heavy atom. The molecule has 0 spiro atoms. The van der Waals surface area contributed by atoms with Crippen LogP contribution >= 0.6 is 0 Å². The monoisotopic (exact) mass is 390 g/mol. The fourth-order valence-corrected chi connectivity index (χ4v) is 3.24. The summed E-state index contributed by atoms with van der Waals surface area (Å²) in [6.45, 7) is 8.61. The standard InChI is InChI=1S/C19H27BN2O6/c1-18(2)19(3,4)28-20(27-18)14-7-5-6-8-15(14)21-16(23)26-13-9-11-22(12-10-13)17(24)25/h5-8,13H,9-12H2,1-4H3,(H,21,23)(H,24,25). The van der Waals surface area contributed by atoms with Crippen molar-refractivity contribution in [3.05, 3.63) is 24.3 Å². The zero-order valence-electron chi connectivity index (χ0n) is 16.7. The first-order valence-electron chi connectivity index (χ1n) is 9.49. The van der Waals surface area contributed by atoms with Gasteiger partial charge in [-0.3, -0.25) is 5.32 Å². The Kier molecular flexibility index (Phi) is 5.58. The van der Waals surface area contributed by atoms with Gasteiger partial charge in [0, 0.05) is 37.1 Å². The van der Waals surface area contributed by atoms with Crippen LogP contribution in [0.25, 0.3) is 0 Å². The normalized spacial score (nSPS) is 21.4. The van der Waals surface area contributed by atoms with Crippen LogP contribution in [0.1, 0.15) is 40.5 Å². The van der Waals surface area contributed by atoms with Gasteiger partial charge in [0.1, 0.15) is 6.10 Å². The molecule has 1 aromatic carbocycles. The van der Waals surface area contributed by atoms with Crippen molar-refractivity contribution in [2.45, 2.75) is 57.8 Å². The molecular formula is C19H27BN2O6. The van der Waals surface area contributed by atoms with Crippen molar-refractivity contribution in [1.82, 2.24) is 4.90 Å². The van der Waals surface area contributed by atoms with Gasteiger partial charge in [0.25, 0.3) is 0 Å². The summed E-state index contributed by atoms with van der Waals surface area (Å²) in [6.07, 6.45) is -0.853. The van der Waals surface area contributed by atoms with Crippen LogP contribution in [0.4, 0.5) is 15.3 Å². The van der Waals surface area contributed by atoms with Gasteiger partial charge in [0.2, 0.25) is 0 Å². The second kappa shape index (κ2) is 7.64. The van der Waals surface area contributed by atoms with Gasteiger partial charge in [-0.05, 0) is 33.8 Å². The average Bonchev–Trinajstić information content (AvgIpc) is 2.83. The Hall–Kier alpha value is -2.26. The minimum absolute atomic E-state index is 0.306. The van der Waals surface area contributed by atoms with E-state index >= 15 is 0 Å². The molecule has 2 N–H and O–H groups in total. The number of para-hydroxylation sites is 1. The van der Waals surface area contributed by atoms with Crippen molar-refractivity contribution >= 4 is 30.5 Å². The number of ether oxygens (including phenoxy) is 1. The molecule has 8 nitrogen and oxygen atoms in total.